The second-order valence-electron chi connectivity index (χ2n) is 36.2. The van der Waals surface area contributed by atoms with Crippen molar-refractivity contribution >= 4 is 66.8 Å². The predicted molar refractivity (Wildman–Crippen MR) is 419 cm³/mol. The average Bonchev–Trinajstić information content (AvgIpc) is 0.848. The van der Waals surface area contributed by atoms with E-state index in [4.69, 9.17) is 10.2 Å². The van der Waals surface area contributed by atoms with Crippen molar-refractivity contribution in [3.8, 4) is 0 Å². The molecular weight excluding hydrogens is 1800 g/mol. The summed E-state index contributed by atoms with van der Waals surface area (Å²) in [5.41, 5.74) is 3.05. The van der Waals surface area contributed by atoms with Crippen molar-refractivity contribution in [1.29, 1.82) is 0 Å². The van der Waals surface area contributed by atoms with E-state index in [2.05, 4.69) is 156 Å². The van der Waals surface area contributed by atoms with Gasteiger partial charge < -0.3 is 39.0 Å². The molecule has 32 heteroatoms. The Balaban J connectivity index is 0.000000177. The Labute approximate surface area is 713 Å². The zero-order valence-corrected chi connectivity index (χ0v) is 73.6. The van der Waals surface area contributed by atoms with Crippen molar-refractivity contribution in [3.05, 3.63) is 168 Å². The van der Waals surface area contributed by atoms with Gasteiger partial charge >= 0.3 is 67.9 Å². The summed E-state index contributed by atoms with van der Waals surface area (Å²) >= 11 is 2.03. The van der Waals surface area contributed by atoms with E-state index in [0.717, 1.165) is 85.2 Å². The minimum atomic E-state index is -6.67. The number of aliphatic hydroxyl groups is 2. The number of carbonyl (C=O) groups is 4. The van der Waals surface area contributed by atoms with Gasteiger partial charge in [-0.2, -0.15) is 55.7 Å². The van der Waals surface area contributed by atoms with Crippen molar-refractivity contribution in [1.82, 2.24) is 0 Å². The number of hydrogen-bond acceptors (Lipinski definition) is 15. The Morgan fingerprint density at radius 3 is 0.949 bits per heavy atom. The molecule has 5 aromatic rings. The predicted octanol–water partition coefficient (Wildman–Crippen LogP) is 15.9. The summed E-state index contributed by atoms with van der Waals surface area (Å²) in [5.74, 6) is -3.92. The molecule has 12 aliphatic rings. The molecule has 6 atom stereocenters. The van der Waals surface area contributed by atoms with Gasteiger partial charge in [0, 0.05) is 64.1 Å². The molecule has 16 nitrogen and oxygen atoms in total. The van der Waals surface area contributed by atoms with Gasteiger partial charge in [0.05, 0.1) is 34.2 Å². The van der Waals surface area contributed by atoms with Gasteiger partial charge in [-0.1, -0.05) is 135 Å². The molecule has 12 fully saturated rings. The Hall–Kier alpha value is -5.03. The van der Waals surface area contributed by atoms with Crippen molar-refractivity contribution < 1.29 is 157 Å². The number of rotatable bonds is 13. The van der Waals surface area contributed by atoms with E-state index in [0.29, 0.717) is 22.0 Å². The van der Waals surface area contributed by atoms with Crippen LogP contribution in [0.4, 0.5) is 43.9 Å². The molecule has 12 bridgehead atoms. The quantitative estimate of drug-likeness (QED) is 0.0213. The van der Waals surface area contributed by atoms with Crippen LogP contribution in [-0.2, 0) is 83.5 Å². The molecule has 4 heterocycles. The topological polar surface area (TPSA) is 282 Å². The smallest absolute Gasteiger partial charge is 0.432 e. The summed E-state index contributed by atoms with van der Waals surface area (Å²) < 4.78 is 206. The molecule has 1 radical (unpaired) electrons. The van der Waals surface area contributed by atoms with Crippen molar-refractivity contribution in [2.45, 2.75) is 280 Å². The number of hydrogen-bond donors (Lipinski definition) is 4. The van der Waals surface area contributed by atoms with Crippen LogP contribution in [0, 0.1) is 53.5 Å². The minimum absolute atomic E-state index is 0. The molecule has 6 unspecified atom stereocenters. The van der Waals surface area contributed by atoms with Gasteiger partial charge in [0.2, 0.25) is 0 Å². The number of halogens is 11. The van der Waals surface area contributed by atoms with Crippen LogP contribution >= 0.6 is 11.8 Å². The van der Waals surface area contributed by atoms with Crippen LogP contribution < -0.4 is 21.2 Å². The second-order valence-corrected chi connectivity index (χ2v) is 46.3. The van der Waals surface area contributed by atoms with E-state index < -0.39 is 90.0 Å². The van der Waals surface area contributed by atoms with Crippen molar-refractivity contribution in [3.63, 3.8) is 0 Å². The fourth-order valence-corrected chi connectivity index (χ4v) is 27.0. The first-order chi connectivity index (χ1) is 54.1. The summed E-state index contributed by atoms with van der Waals surface area (Å²) in [7, 11) is -12.9. The van der Waals surface area contributed by atoms with Gasteiger partial charge in [0.15, 0.2) is 32.3 Å². The number of benzene rings is 5. The summed E-state index contributed by atoms with van der Waals surface area (Å²) in [6.07, 6.45) is -4.28. The minimum Gasteiger partial charge on any atom is -0.743 e. The number of thioether (sulfide) groups is 1. The number of alkyl halides is 10. The van der Waals surface area contributed by atoms with Crippen molar-refractivity contribution in [2.24, 2.45) is 46.3 Å². The Morgan fingerprint density at radius 2 is 0.703 bits per heavy atom. The van der Waals surface area contributed by atoms with E-state index >= 15 is 0 Å². The van der Waals surface area contributed by atoms with Crippen LogP contribution in [0.25, 0.3) is 0 Å². The fraction of sp³-hybridized carbons (Fsp3) is 0.605. The fourth-order valence-electron chi connectivity index (χ4n) is 18.8. The van der Waals surface area contributed by atoms with Crippen LogP contribution in [0.15, 0.2) is 138 Å². The third-order valence-electron chi connectivity index (χ3n) is 23.8. The van der Waals surface area contributed by atoms with E-state index in [9.17, 15) is 99.2 Å². The Kier molecular flexibility index (Phi) is 32.5. The maximum Gasteiger partial charge on any atom is 0.432 e. The van der Waals surface area contributed by atoms with Crippen LogP contribution in [0.3, 0.4) is 0 Å². The average molecular weight is 1910 g/mol. The van der Waals surface area contributed by atoms with Gasteiger partial charge in [-0.15, -0.1) is 0 Å². The monoisotopic (exact) mass is 1900 g/mol. The molecule has 8 saturated carbocycles. The van der Waals surface area contributed by atoms with Crippen LogP contribution in [0.5, 0.6) is 0 Å². The number of aliphatic hydroxyl groups excluding tert-OH is 2. The number of carboxylic acid groups (broad SMARTS) is 2. The summed E-state index contributed by atoms with van der Waals surface area (Å²) in [4.78, 5) is 46.7. The van der Waals surface area contributed by atoms with E-state index in [1.807, 2.05) is 0 Å². The zero-order chi connectivity index (χ0) is 86.6. The molecule has 659 valence electrons. The SMILES string of the molecule is CC(C)(C)c1ccc([I+]c2ccc(C(C)(C)C)cc2)cc1.CC(C)(C)c1ccc([S+]2C3CCC2CC(O)C3)cc1.O=C(O)c1ccccc1.O=C(O)c1ccccc1.O=C(OC(C(F)(F)F)C(F)(F)S(=O)(=O)[O-])C12CC3CC(CC(C3)C1)C2.O=C(OC(C(F)(F)F)C(F)(F)S(=O)(=O)[O-])C12CC3CC(CC(C3)C1)C2.OC1CC2CCC(C1)S2.[Cu]. The maximum absolute atomic E-state index is 13.5. The van der Waals surface area contributed by atoms with Crippen LogP contribution in [0.2, 0.25) is 0 Å². The van der Waals surface area contributed by atoms with Gasteiger partial charge in [0.25, 0.3) is 12.2 Å². The van der Waals surface area contributed by atoms with E-state index in [-0.39, 0.29) is 141 Å². The normalized spacial score (nSPS) is 28.3. The van der Waals surface area contributed by atoms with Gasteiger partial charge in [-0.3, -0.25) is 9.59 Å². The first-order valence-corrected chi connectivity index (χ1v) is 46.8. The first kappa shape index (κ1) is 98.4. The summed E-state index contributed by atoms with van der Waals surface area (Å²) in [6.45, 7) is 20.4. The largest absolute Gasteiger partial charge is 0.743 e. The molecule has 4 aliphatic heterocycles. The van der Waals surface area contributed by atoms with Gasteiger partial charge in [-0.25, -0.2) is 26.4 Å². The number of esters is 2. The second kappa shape index (κ2) is 39.0. The molecule has 118 heavy (non-hydrogen) atoms. The molecule has 0 amide bonds. The molecule has 4 N–H and O–H groups in total. The number of carbonyl (C=O) groups excluding carboxylic acids is 2. The summed E-state index contributed by atoms with van der Waals surface area (Å²) in [5, 5.41) is 27.5. The number of carboxylic acids is 2. The molecule has 17 rings (SSSR count). The third-order valence-corrected chi connectivity index (χ3v) is 33.0. The van der Waals surface area contributed by atoms with Crippen molar-refractivity contribution in [2.75, 3.05) is 0 Å². The number of aromatic carboxylic acids is 2. The van der Waals surface area contributed by atoms with Gasteiger partial charge in [0.1, 0.15) is 10.5 Å². The number of fused-ring (bicyclic) bond motifs is 4. The molecule has 0 aromatic heterocycles. The number of ether oxygens (including phenoxy) is 2. The molecule has 8 aliphatic carbocycles. The van der Waals surface area contributed by atoms with E-state index in [1.54, 1.807) is 60.7 Å². The maximum atomic E-state index is 13.5. The first-order valence-electron chi connectivity index (χ1n) is 39.5. The Bertz CT molecular complexity index is 4100. The third kappa shape index (κ3) is 25.6. The van der Waals surface area contributed by atoms with Crippen LogP contribution in [-0.4, -0.2) is 139 Å². The zero-order valence-electron chi connectivity index (χ0n) is 67.2. The standard InChI is InChI=1S/C20H26I.C17H25OS.2C14H17F5O5S.2C7H6O2.C7H12OS.Cu/c1-19(2,3)15-7-11-17(12-8-15)21-18-13-9-16(10-14-18)20(4,5)6;1-17(2,3)12-4-6-14(7-5-12)19-15-8-9-16(19)11-13(18)10-15;2*15-13(16,17)10(14(18,19)25(21,22)23)24-11(20)12-4-7-1-8(5-12)3-9(2-7)6-12;2*8-7(9)6-4-2-1-3-5-6;8-5-3-6-1-2-7(4-5)9-6;/h7-14H,1-6H3;4-7,13,15-16,18H,8-11H2,1-3H3;2*7-10H,1-6H2,(H,21,22,23);2*1-5H,(H,8,9);5-8H,1-4H2;/q2*+1;;;;;;/p-2. The molecule has 4 saturated heterocycles. The molecule has 0 spiro atoms. The van der Waals surface area contributed by atoms with Gasteiger partial charge in [-0.05, 0) is 232 Å². The Morgan fingerprint density at radius 1 is 0.432 bits per heavy atom. The molecular formula is C86H107CuF10IO16S4. The van der Waals surface area contributed by atoms with E-state index in [1.165, 1.54) is 54.4 Å². The van der Waals surface area contributed by atoms with Crippen LogP contribution in [0.1, 0.15) is 228 Å². The molecule has 5 aromatic carbocycles. The summed E-state index contributed by atoms with van der Waals surface area (Å²) in [6, 6.07) is 44.3.